The first-order valence-electron chi connectivity index (χ1n) is 4.41. The Morgan fingerprint density at radius 3 is 2.88 bits per heavy atom. The van der Waals surface area contributed by atoms with Crippen LogP contribution >= 0.6 is 11.6 Å². The van der Waals surface area contributed by atoms with Crippen LogP contribution < -0.4 is 5.32 Å². The van der Waals surface area contributed by atoms with Gasteiger partial charge in [-0.25, -0.2) is 4.39 Å². The van der Waals surface area contributed by atoms with Crippen molar-refractivity contribution in [1.29, 1.82) is 0 Å². The Morgan fingerprint density at radius 2 is 2.31 bits per heavy atom. The zero-order chi connectivity index (χ0) is 12.1. The van der Waals surface area contributed by atoms with Crippen molar-refractivity contribution < 1.29 is 19.1 Å². The predicted molar refractivity (Wildman–Crippen MR) is 55.6 cm³/mol. The molecule has 0 radical (unpaired) electrons. The van der Waals surface area contributed by atoms with Crippen LogP contribution in [0.5, 0.6) is 0 Å². The van der Waals surface area contributed by atoms with Gasteiger partial charge in [-0.2, -0.15) is 0 Å². The van der Waals surface area contributed by atoms with E-state index in [2.05, 4.69) is 5.32 Å². The van der Waals surface area contributed by atoms with Crippen LogP contribution in [-0.4, -0.2) is 17.5 Å². The zero-order valence-electron chi connectivity index (χ0n) is 8.11. The second kappa shape index (κ2) is 5.46. The van der Waals surface area contributed by atoms with Crippen LogP contribution in [0.3, 0.4) is 0 Å². The smallest absolute Gasteiger partial charge is 0.305 e. The summed E-state index contributed by atoms with van der Waals surface area (Å²) in [5.41, 5.74) is 0.0574. The van der Waals surface area contributed by atoms with E-state index in [0.717, 1.165) is 0 Å². The molecule has 6 heteroatoms. The predicted octanol–water partition coefficient (Wildman–Crippen LogP) is 1.74. The molecule has 0 bridgehead atoms. The van der Waals surface area contributed by atoms with Gasteiger partial charge in [0.15, 0.2) is 0 Å². The highest BCUT2D eigenvalue weighted by Crippen LogP contribution is 2.25. The lowest BCUT2D eigenvalue weighted by Crippen LogP contribution is -2.23. The van der Waals surface area contributed by atoms with Gasteiger partial charge in [0, 0.05) is 5.56 Å². The molecule has 1 atom stereocenters. The lowest BCUT2D eigenvalue weighted by atomic mass is 10.0. The Kier molecular flexibility index (Phi) is 4.25. The minimum Gasteiger partial charge on any atom is -0.481 e. The molecule has 1 aromatic rings. The average Bonchev–Trinajstić information content (AvgIpc) is 2.21. The molecule has 0 spiro atoms. The number of hydrogen-bond donors (Lipinski definition) is 2. The van der Waals surface area contributed by atoms with Gasteiger partial charge in [0.25, 0.3) is 0 Å². The molecule has 1 unspecified atom stereocenters. The van der Waals surface area contributed by atoms with Gasteiger partial charge in [0.1, 0.15) is 5.82 Å². The molecule has 1 amide bonds. The SMILES string of the molecule is O=CNC(CC(=O)O)c1cccc(Cl)c1F. The van der Waals surface area contributed by atoms with E-state index < -0.39 is 24.2 Å². The number of carboxylic acids is 1. The Hall–Kier alpha value is -1.62. The van der Waals surface area contributed by atoms with Crippen LogP contribution in [0.4, 0.5) is 4.39 Å². The van der Waals surface area contributed by atoms with Gasteiger partial charge in [-0.1, -0.05) is 23.7 Å². The third-order valence-electron chi connectivity index (χ3n) is 2.00. The molecule has 1 rings (SSSR count). The van der Waals surface area contributed by atoms with Crippen molar-refractivity contribution in [3.63, 3.8) is 0 Å². The monoisotopic (exact) mass is 245 g/mol. The highest BCUT2D eigenvalue weighted by molar-refractivity contribution is 6.30. The van der Waals surface area contributed by atoms with E-state index in [4.69, 9.17) is 16.7 Å². The summed E-state index contributed by atoms with van der Waals surface area (Å²) in [6.07, 6.45) is -0.0794. The van der Waals surface area contributed by atoms with Crippen molar-refractivity contribution in [2.24, 2.45) is 0 Å². The molecule has 0 fully saturated rings. The van der Waals surface area contributed by atoms with Crippen LogP contribution in [0.25, 0.3) is 0 Å². The lowest BCUT2D eigenvalue weighted by Gasteiger charge is -2.15. The number of carboxylic acid groups (broad SMARTS) is 1. The molecule has 86 valence electrons. The Morgan fingerprint density at radius 1 is 1.62 bits per heavy atom. The Balaban J connectivity index is 3.04. The minimum atomic E-state index is -1.14. The summed E-state index contributed by atoms with van der Waals surface area (Å²) in [7, 11) is 0. The molecule has 0 aromatic heterocycles. The molecule has 0 aliphatic heterocycles. The van der Waals surface area contributed by atoms with E-state index >= 15 is 0 Å². The van der Waals surface area contributed by atoms with Crippen molar-refractivity contribution in [3.05, 3.63) is 34.6 Å². The molecule has 4 nitrogen and oxygen atoms in total. The summed E-state index contributed by atoms with van der Waals surface area (Å²) in [5.74, 6) is -1.86. The zero-order valence-corrected chi connectivity index (χ0v) is 8.87. The number of carbonyl (C=O) groups is 2. The maximum absolute atomic E-state index is 13.5. The van der Waals surface area contributed by atoms with Gasteiger partial charge in [-0.15, -0.1) is 0 Å². The van der Waals surface area contributed by atoms with Crippen molar-refractivity contribution in [3.8, 4) is 0 Å². The van der Waals surface area contributed by atoms with Crippen LogP contribution in [0, 0.1) is 5.82 Å². The van der Waals surface area contributed by atoms with E-state index in [9.17, 15) is 14.0 Å². The molecule has 1 aromatic carbocycles. The summed E-state index contributed by atoms with van der Waals surface area (Å²) < 4.78 is 13.5. The quantitative estimate of drug-likeness (QED) is 0.777. The van der Waals surface area contributed by atoms with Crippen LogP contribution in [0.2, 0.25) is 5.02 Å². The molecular formula is C10H9ClFNO3. The van der Waals surface area contributed by atoms with Gasteiger partial charge in [-0.05, 0) is 6.07 Å². The van der Waals surface area contributed by atoms with Crippen molar-refractivity contribution in [2.45, 2.75) is 12.5 Å². The third-order valence-corrected chi connectivity index (χ3v) is 2.30. The maximum Gasteiger partial charge on any atom is 0.305 e. The topological polar surface area (TPSA) is 66.4 Å². The second-order valence-corrected chi connectivity index (χ2v) is 3.49. The normalized spacial score (nSPS) is 11.9. The number of hydrogen-bond acceptors (Lipinski definition) is 2. The van der Waals surface area contributed by atoms with Crippen molar-refractivity contribution in [2.75, 3.05) is 0 Å². The number of aliphatic carboxylic acids is 1. The summed E-state index contributed by atoms with van der Waals surface area (Å²) >= 11 is 5.56. The standard InChI is InChI=1S/C10H9ClFNO3/c11-7-3-1-2-6(10(7)12)8(13-5-14)4-9(15)16/h1-3,5,8H,4H2,(H,13,14)(H,15,16). The van der Waals surface area contributed by atoms with Gasteiger partial charge < -0.3 is 10.4 Å². The Labute approximate surface area is 96.0 Å². The molecule has 0 saturated carbocycles. The van der Waals surface area contributed by atoms with Gasteiger partial charge in [0.2, 0.25) is 6.41 Å². The van der Waals surface area contributed by atoms with E-state index in [1.54, 1.807) is 0 Å². The maximum atomic E-state index is 13.5. The van der Waals surface area contributed by atoms with E-state index in [1.807, 2.05) is 0 Å². The molecule has 0 aliphatic rings. The highest BCUT2D eigenvalue weighted by Gasteiger charge is 2.19. The van der Waals surface area contributed by atoms with Crippen LogP contribution in [0.1, 0.15) is 18.0 Å². The number of rotatable bonds is 5. The van der Waals surface area contributed by atoms with Gasteiger partial charge in [0.05, 0.1) is 17.5 Å². The van der Waals surface area contributed by atoms with E-state index in [0.29, 0.717) is 6.41 Å². The molecule has 16 heavy (non-hydrogen) atoms. The molecular weight excluding hydrogens is 237 g/mol. The van der Waals surface area contributed by atoms with Crippen molar-refractivity contribution >= 4 is 24.0 Å². The number of nitrogens with one attached hydrogen (secondary N) is 1. The fourth-order valence-corrected chi connectivity index (χ4v) is 1.49. The van der Waals surface area contributed by atoms with Gasteiger partial charge >= 0.3 is 5.97 Å². The van der Waals surface area contributed by atoms with E-state index in [1.165, 1.54) is 18.2 Å². The van der Waals surface area contributed by atoms with Crippen LogP contribution in [-0.2, 0) is 9.59 Å². The highest BCUT2D eigenvalue weighted by atomic mass is 35.5. The summed E-state index contributed by atoms with van der Waals surface area (Å²) in [6.45, 7) is 0. The number of carbonyl (C=O) groups excluding carboxylic acids is 1. The first-order chi connectivity index (χ1) is 7.56. The van der Waals surface area contributed by atoms with Gasteiger partial charge in [-0.3, -0.25) is 9.59 Å². The fraction of sp³-hybridized carbons (Fsp3) is 0.200. The molecule has 0 heterocycles. The summed E-state index contributed by atoms with van der Waals surface area (Å²) in [5, 5.41) is 10.7. The summed E-state index contributed by atoms with van der Waals surface area (Å²) in [4.78, 5) is 20.8. The Bertz CT molecular complexity index is 411. The summed E-state index contributed by atoms with van der Waals surface area (Å²) in [6, 6.07) is 3.29. The molecule has 2 N–H and O–H groups in total. The van der Waals surface area contributed by atoms with E-state index in [-0.39, 0.29) is 10.6 Å². The molecule has 0 aliphatic carbocycles. The lowest BCUT2D eigenvalue weighted by molar-refractivity contribution is -0.137. The second-order valence-electron chi connectivity index (χ2n) is 3.08. The number of amides is 1. The third kappa shape index (κ3) is 2.93. The van der Waals surface area contributed by atoms with Crippen molar-refractivity contribution in [1.82, 2.24) is 5.32 Å². The van der Waals surface area contributed by atoms with Crippen LogP contribution in [0.15, 0.2) is 18.2 Å². The first kappa shape index (κ1) is 12.4. The number of halogens is 2. The largest absolute Gasteiger partial charge is 0.481 e. The minimum absolute atomic E-state index is 0.0574. The first-order valence-corrected chi connectivity index (χ1v) is 4.79. The molecule has 0 saturated heterocycles. The average molecular weight is 246 g/mol. The fourth-order valence-electron chi connectivity index (χ4n) is 1.31. The number of benzene rings is 1.